The third kappa shape index (κ3) is 6.33. The number of alkyl halides is 2. The number of benzene rings is 2. The molecule has 1 saturated carbocycles. The van der Waals surface area contributed by atoms with E-state index in [0.717, 1.165) is 39.8 Å². The summed E-state index contributed by atoms with van der Waals surface area (Å²) in [4.78, 5) is 44.8. The molecule has 2 aliphatic heterocycles. The Labute approximate surface area is 269 Å². The molecule has 2 aromatic carbocycles. The maximum absolute atomic E-state index is 15.7. The molecule has 0 bridgehead atoms. The van der Waals surface area contributed by atoms with Gasteiger partial charge in [0.15, 0.2) is 5.69 Å². The molecular weight excluding hydrogens is 616 g/mol. The van der Waals surface area contributed by atoms with Crippen molar-refractivity contribution in [3.8, 4) is 17.4 Å². The van der Waals surface area contributed by atoms with Gasteiger partial charge in [-0.25, -0.2) is 18.6 Å². The van der Waals surface area contributed by atoms with Crippen molar-refractivity contribution >= 4 is 17.7 Å². The monoisotopic (exact) mass is 653 g/mol. The van der Waals surface area contributed by atoms with E-state index in [2.05, 4.69) is 4.98 Å². The van der Waals surface area contributed by atoms with Crippen LogP contribution in [0.4, 0.5) is 19.3 Å². The molecular formula is C33H37F2N5O7. The molecule has 3 atom stereocenters. The highest BCUT2D eigenvalue weighted by molar-refractivity contribution is 5.81. The first-order valence-corrected chi connectivity index (χ1v) is 15.5. The van der Waals surface area contributed by atoms with E-state index < -0.39 is 66.1 Å². The van der Waals surface area contributed by atoms with Gasteiger partial charge in [0.25, 0.3) is 11.5 Å². The lowest BCUT2D eigenvalue weighted by molar-refractivity contribution is -0.223. The number of carbonyl (C=O) groups is 2. The van der Waals surface area contributed by atoms with Crippen LogP contribution in [0.2, 0.25) is 0 Å². The Kier molecular flexibility index (Phi) is 8.55. The number of ether oxygens (including phenoxy) is 2. The second-order valence-corrected chi connectivity index (χ2v) is 12.6. The van der Waals surface area contributed by atoms with Crippen molar-refractivity contribution in [1.29, 1.82) is 0 Å². The molecule has 2 amide bonds. The molecule has 3 heterocycles. The van der Waals surface area contributed by atoms with Crippen molar-refractivity contribution in [2.45, 2.75) is 55.6 Å². The quantitative estimate of drug-likeness (QED) is 0.328. The van der Waals surface area contributed by atoms with E-state index in [1.54, 1.807) is 49.6 Å². The number of aromatic nitrogens is 2. The van der Waals surface area contributed by atoms with Crippen molar-refractivity contribution in [1.82, 2.24) is 19.4 Å². The van der Waals surface area contributed by atoms with Crippen molar-refractivity contribution < 1.29 is 38.1 Å². The molecule has 0 unspecified atom stereocenters. The summed E-state index contributed by atoms with van der Waals surface area (Å²) >= 11 is 0. The summed E-state index contributed by atoms with van der Waals surface area (Å²) in [5.74, 6) is -4.39. The number of hydrogen-bond donors (Lipinski definition) is 3. The largest absolute Gasteiger partial charge is 0.496 e. The zero-order valence-corrected chi connectivity index (χ0v) is 25.8. The Morgan fingerprint density at radius 3 is 2.49 bits per heavy atom. The summed E-state index contributed by atoms with van der Waals surface area (Å²) < 4.78 is 43.5. The summed E-state index contributed by atoms with van der Waals surface area (Å²) in [6.07, 6.45) is 1.68. The number of hydrogen-bond acceptors (Lipinski definition) is 8. The van der Waals surface area contributed by atoms with Crippen molar-refractivity contribution in [2.75, 3.05) is 39.0 Å². The average Bonchev–Trinajstić information content (AvgIpc) is 3.91. The van der Waals surface area contributed by atoms with E-state index in [0.29, 0.717) is 17.4 Å². The smallest absolute Gasteiger partial charge is 0.407 e. The fraction of sp³-hybridized carbons (Fsp3) is 0.455. The molecule has 14 heteroatoms. The Morgan fingerprint density at radius 2 is 1.83 bits per heavy atom. The average molecular weight is 654 g/mol. The number of halogens is 2. The predicted molar refractivity (Wildman–Crippen MR) is 166 cm³/mol. The van der Waals surface area contributed by atoms with Gasteiger partial charge in [-0.15, -0.1) is 0 Å². The molecule has 12 nitrogen and oxygen atoms in total. The highest BCUT2D eigenvalue weighted by Crippen LogP contribution is 2.46. The van der Waals surface area contributed by atoms with E-state index >= 15 is 8.78 Å². The zero-order valence-electron chi connectivity index (χ0n) is 25.8. The number of amides is 2. The molecule has 0 radical (unpaired) electrons. The lowest BCUT2D eigenvalue weighted by Crippen LogP contribution is -2.64. The highest BCUT2D eigenvalue weighted by atomic mass is 19.3. The van der Waals surface area contributed by atoms with E-state index in [4.69, 9.17) is 15.2 Å². The number of nitrogen functional groups attached to an aromatic ring is 1. The van der Waals surface area contributed by atoms with Gasteiger partial charge in [-0.1, -0.05) is 36.4 Å². The third-order valence-electron chi connectivity index (χ3n) is 9.51. The standard InChI is InChI=1S/C33H37F2N5O7/c1-46-26-15-22(9-10-23(26)21-7-8-21)47-28-27(36)30(42)40(19-37-28)17-32(45)12-14-39(18-33(32,34)35)29(41)24-11-13-38(31(43)44)16-25(24)20-5-3-2-4-6-20/h2-6,9-10,15,19,21,24-25,45H,7-8,11-14,16-18,36H2,1H3,(H,43,44)/t24-,25+,32+/m1/s1. The van der Waals surface area contributed by atoms with Gasteiger partial charge < -0.3 is 35.2 Å². The number of nitrogens with zero attached hydrogens (tertiary/aromatic N) is 4. The molecule has 250 valence electrons. The number of rotatable bonds is 8. The minimum atomic E-state index is -3.80. The first kappa shape index (κ1) is 32.2. The molecule has 4 N–H and O–H groups in total. The maximum atomic E-state index is 15.7. The third-order valence-corrected chi connectivity index (χ3v) is 9.51. The van der Waals surface area contributed by atoms with Gasteiger partial charge in [0.05, 0.1) is 20.2 Å². The SMILES string of the molecule is COc1cc(Oc2ncn(C[C@@]3(O)CCN(C(=O)[C@@H]4CCN(C(=O)O)C[C@H]4c4ccccc4)CC3(F)F)c(=O)c2N)ccc1C1CC1. The van der Waals surface area contributed by atoms with Crippen molar-refractivity contribution in [2.24, 2.45) is 5.92 Å². The number of aliphatic hydroxyl groups is 1. The van der Waals surface area contributed by atoms with Crippen molar-refractivity contribution in [3.63, 3.8) is 0 Å². The number of likely N-dealkylation sites (tertiary alicyclic amines) is 2. The Bertz CT molecular complexity index is 1720. The van der Waals surface area contributed by atoms with Gasteiger partial charge in [0, 0.05) is 44.0 Å². The Hall–Kier alpha value is -4.72. The molecule has 0 spiro atoms. The molecule has 47 heavy (non-hydrogen) atoms. The Morgan fingerprint density at radius 1 is 1.09 bits per heavy atom. The number of anilines is 1. The second-order valence-electron chi connectivity index (χ2n) is 12.6. The number of methoxy groups -OCH3 is 1. The first-order chi connectivity index (χ1) is 22.4. The lowest BCUT2D eigenvalue weighted by Gasteiger charge is -2.46. The maximum Gasteiger partial charge on any atom is 0.407 e. The van der Waals surface area contributed by atoms with Gasteiger partial charge in [-0.3, -0.25) is 14.2 Å². The van der Waals surface area contributed by atoms with E-state index in [-0.39, 0.29) is 31.9 Å². The minimum Gasteiger partial charge on any atom is -0.496 e. The molecule has 2 saturated heterocycles. The summed E-state index contributed by atoms with van der Waals surface area (Å²) in [5.41, 5.74) is 3.85. The van der Waals surface area contributed by atoms with Crippen LogP contribution in [0.25, 0.3) is 0 Å². The van der Waals surface area contributed by atoms with Crippen LogP contribution < -0.4 is 20.8 Å². The Balaban J connectivity index is 1.16. The van der Waals surface area contributed by atoms with E-state index in [1.165, 1.54) is 4.90 Å². The fourth-order valence-electron chi connectivity index (χ4n) is 6.61. The molecule has 1 aliphatic carbocycles. The summed E-state index contributed by atoms with van der Waals surface area (Å²) in [5, 5.41) is 20.8. The zero-order chi connectivity index (χ0) is 33.5. The van der Waals surface area contributed by atoms with Crippen LogP contribution >= 0.6 is 0 Å². The van der Waals surface area contributed by atoms with E-state index in [1.807, 2.05) is 6.07 Å². The highest BCUT2D eigenvalue weighted by Gasteiger charge is 2.58. The second kappa shape index (κ2) is 12.5. The van der Waals surface area contributed by atoms with E-state index in [9.17, 15) is 24.6 Å². The minimum absolute atomic E-state index is 0.0558. The number of piperidine rings is 2. The molecule has 1 aromatic heterocycles. The molecule has 6 rings (SSSR count). The summed E-state index contributed by atoms with van der Waals surface area (Å²) in [6.45, 7) is -1.92. The van der Waals surface area contributed by atoms with Gasteiger partial charge in [-0.05, 0) is 42.4 Å². The number of carbonyl (C=O) groups excluding carboxylic acids is 1. The van der Waals surface area contributed by atoms with Crippen LogP contribution in [0.1, 0.15) is 48.6 Å². The first-order valence-electron chi connectivity index (χ1n) is 15.5. The van der Waals surface area contributed by atoms with Crippen molar-refractivity contribution in [3.05, 3.63) is 76.3 Å². The fourth-order valence-corrected chi connectivity index (χ4v) is 6.61. The van der Waals surface area contributed by atoms with Crippen LogP contribution in [0.15, 0.2) is 59.7 Å². The van der Waals surface area contributed by atoms with Gasteiger partial charge in [0.2, 0.25) is 11.8 Å². The summed E-state index contributed by atoms with van der Waals surface area (Å²) in [6, 6.07) is 14.2. The van der Waals surface area contributed by atoms with Gasteiger partial charge in [-0.2, -0.15) is 0 Å². The number of carboxylic acid groups (broad SMARTS) is 1. The molecule has 3 aliphatic rings. The topological polar surface area (TPSA) is 160 Å². The number of nitrogens with two attached hydrogens (primary N) is 1. The predicted octanol–water partition coefficient (Wildman–Crippen LogP) is 3.89. The summed E-state index contributed by atoms with van der Waals surface area (Å²) in [7, 11) is 1.55. The van der Waals surface area contributed by atoms with Crippen LogP contribution in [-0.4, -0.2) is 86.4 Å². The van der Waals surface area contributed by atoms with Gasteiger partial charge in [0.1, 0.15) is 23.4 Å². The lowest BCUT2D eigenvalue weighted by atomic mass is 9.79. The van der Waals surface area contributed by atoms with Crippen LogP contribution in [0.3, 0.4) is 0 Å². The van der Waals surface area contributed by atoms with Crippen LogP contribution in [0.5, 0.6) is 17.4 Å². The van der Waals surface area contributed by atoms with Crippen LogP contribution in [0, 0.1) is 5.92 Å². The van der Waals surface area contributed by atoms with Gasteiger partial charge >= 0.3 is 6.09 Å². The molecule has 3 fully saturated rings. The van der Waals surface area contributed by atoms with Crippen LogP contribution in [-0.2, 0) is 11.3 Å². The normalized spacial score (nSPS) is 24.1. The molecule has 3 aromatic rings.